The van der Waals surface area contributed by atoms with Gasteiger partial charge in [0.25, 0.3) is 10.0 Å². The number of halogens is 1. The van der Waals surface area contributed by atoms with E-state index in [9.17, 15) is 8.42 Å². The van der Waals surface area contributed by atoms with Crippen LogP contribution in [-0.4, -0.2) is 13.4 Å². The second-order valence-corrected chi connectivity index (χ2v) is 6.52. The van der Waals surface area contributed by atoms with Crippen molar-refractivity contribution in [2.45, 2.75) is 18.7 Å². The molecule has 0 aliphatic heterocycles. The van der Waals surface area contributed by atoms with Gasteiger partial charge in [0, 0.05) is 11.9 Å². The summed E-state index contributed by atoms with van der Waals surface area (Å²) in [5.41, 5.74) is 7.73. The van der Waals surface area contributed by atoms with E-state index < -0.39 is 10.0 Å². The maximum absolute atomic E-state index is 12.3. The number of hydrogen-bond donors (Lipinski definition) is 2. The lowest BCUT2D eigenvalue weighted by atomic mass is 10.2. The van der Waals surface area contributed by atoms with Gasteiger partial charge in [-0.15, -0.1) is 0 Å². The predicted molar refractivity (Wildman–Crippen MR) is 80.4 cm³/mol. The summed E-state index contributed by atoms with van der Waals surface area (Å²) >= 11 is 5.99. The lowest BCUT2D eigenvalue weighted by molar-refractivity contribution is 0.601. The van der Waals surface area contributed by atoms with Crippen molar-refractivity contribution in [1.29, 1.82) is 0 Å². The van der Waals surface area contributed by atoms with Gasteiger partial charge in [0.05, 0.1) is 5.02 Å². The fourth-order valence-electron chi connectivity index (χ4n) is 1.66. The number of benzene rings is 1. The SMILES string of the molecule is Cc1ccnc(NS(=O)(=O)c2cc(N)c(C)cc2Cl)c1. The lowest BCUT2D eigenvalue weighted by Gasteiger charge is -2.11. The summed E-state index contributed by atoms with van der Waals surface area (Å²) in [6.07, 6.45) is 1.53. The monoisotopic (exact) mass is 311 g/mol. The minimum Gasteiger partial charge on any atom is -0.398 e. The van der Waals surface area contributed by atoms with Crippen molar-refractivity contribution in [2.24, 2.45) is 0 Å². The van der Waals surface area contributed by atoms with Crippen LogP contribution in [0.2, 0.25) is 5.02 Å². The van der Waals surface area contributed by atoms with Crippen LogP contribution < -0.4 is 10.5 Å². The Morgan fingerprint density at radius 3 is 2.60 bits per heavy atom. The number of aryl methyl sites for hydroxylation is 2. The minimum atomic E-state index is -3.82. The summed E-state index contributed by atoms with van der Waals surface area (Å²) in [5, 5.41) is 0.122. The highest BCUT2D eigenvalue weighted by atomic mass is 35.5. The van der Waals surface area contributed by atoms with Crippen molar-refractivity contribution in [2.75, 3.05) is 10.5 Å². The second kappa shape index (κ2) is 5.30. The van der Waals surface area contributed by atoms with E-state index in [0.717, 1.165) is 11.1 Å². The fourth-order valence-corrected chi connectivity index (χ4v) is 3.28. The zero-order chi connectivity index (χ0) is 14.9. The lowest BCUT2D eigenvalue weighted by Crippen LogP contribution is -2.15. The topological polar surface area (TPSA) is 85.1 Å². The molecule has 0 unspecified atom stereocenters. The third-order valence-corrected chi connectivity index (χ3v) is 4.58. The van der Waals surface area contributed by atoms with E-state index >= 15 is 0 Å². The molecule has 0 spiro atoms. The van der Waals surface area contributed by atoms with Crippen molar-refractivity contribution in [1.82, 2.24) is 4.98 Å². The Morgan fingerprint density at radius 2 is 1.95 bits per heavy atom. The number of nitrogens with one attached hydrogen (secondary N) is 1. The van der Waals surface area contributed by atoms with Crippen LogP contribution in [0.15, 0.2) is 35.4 Å². The van der Waals surface area contributed by atoms with Crippen molar-refractivity contribution >= 4 is 33.1 Å². The summed E-state index contributed by atoms with van der Waals surface area (Å²) in [7, 11) is -3.82. The normalized spacial score (nSPS) is 11.3. The third kappa shape index (κ3) is 3.02. The third-order valence-electron chi connectivity index (χ3n) is 2.76. The van der Waals surface area contributed by atoms with Crippen LogP contribution >= 0.6 is 11.6 Å². The van der Waals surface area contributed by atoms with Gasteiger partial charge in [0.15, 0.2) is 0 Å². The number of nitrogen functional groups attached to an aromatic ring is 1. The molecule has 0 amide bonds. The van der Waals surface area contributed by atoms with Gasteiger partial charge in [-0.2, -0.15) is 0 Å². The zero-order valence-corrected chi connectivity index (χ0v) is 12.6. The number of aromatic nitrogens is 1. The molecule has 7 heteroatoms. The highest BCUT2D eigenvalue weighted by molar-refractivity contribution is 7.92. The standard InChI is InChI=1S/C13H14ClN3O2S/c1-8-3-4-16-13(5-8)17-20(18,19)12-7-11(15)9(2)6-10(12)14/h3-7H,15H2,1-2H3,(H,16,17). The largest absolute Gasteiger partial charge is 0.398 e. The van der Waals surface area contributed by atoms with Crippen molar-refractivity contribution in [3.63, 3.8) is 0 Å². The van der Waals surface area contributed by atoms with Gasteiger partial charge in [-0.1, -0.05) is 11.6 Å². The Bertz CT molecular complexity index is 760. The van der Waals surface area contributed by atoms with Crippen LogP contribution in [0.5, 0.6) is 0 Å². The average molecular weight is 312 g/mol. The van der Waals surface area contributed by atoms with Gasteiger partial charge in [-0.05, 0) is 49.2 Å². The van der Waals surface area contributed by atoms with Gasteiger partial charge in [-0.25, -0.2) is 13.4 Å². The molecule has 0 saturated carbocycles. The van der Waals surface area contributed by atoms with Crippen LogP contribution in [0.1, 0.15) is 11.1 Å². The maximum Gasteiger partial charge on any atom is 0.264 e. The molecule has 20 heavy (non-hydrogen) atoms. The van der Waals surface area contributed by atoms with Gasteiger partial charge in [-0.3, -0.25) is 4.72 Å². The van der Waals surface area contributed by atoms with Gasteiger partial charge < -0.3 is 5.73 Å². The number of rotatable bonds is 3. The quantitative estimate of drug-likeness (QED) is 0.853. The number of nitrogens with two attached hydrogens (primary N) is 1. The molecular formula is C13H14ClN3O2S. The second-order valence-electron chi connectivity index (χ2n) is 4.46. The highest BCUT2D eigenvalue weighted by Gasteiger charge is 2.20. The number of hydrogen-bond acceptors (Lipinski definition) is 4. The molecule has 2 aromatic rings. The first kappa shape index (κ1) is 14.6. The van der Waals surface area contributed by atoms with E-state index in [1.807, 2.05) is 6.92 Å². The Kier molecular flexibility index (Phi) is 3.87. The van der Waals surface area contributed by atoms with Crippen LogP contribution in [0.25, 0.3) is 0 Å². The molecule has 1 aromatic heterocycles. The average Bonchev–Trinajstić information content (AvgIpc) is 2.33. The van der Waals surface area contributed by atoms with Gasteiger partial charge in [0.1, 0.15) is 10.7 Å². The number of pyridine rings is 1. The molecule has 0 aliphatic rings. The number of anilines is 2. The van der Waals surface area contributed by atoms with Crippen LogP contribution in [0.3, 0.4) is 0 Å². The molecule has 0 saturated heterocycles. The van der Waals surface area contributed by atoms with Crippen LogP contribution in [0, 0.1) is 13.8 Å². The molecule has 0 fully saturated rings. The smallest absolute Gasteiger partial charge is 0.264 e. The Balaban J connectivity index is 2.43. The van der Waals surface area contributed by atoms with E-state index in [2.05, 4.69) is 9.71 Å². The Labute approximate surface area is 122 Å². The van der Waals surface area contributed by atoms with E-state index in [1.54, 1.807) is 19.1 Å². The van der Waals surface area contributed by atoms with E-state index in [4.69, 9.17) is 17.3 Å². The molecule has 0 radical (unpaired) electrons. The van der Waals surface area contributed by atoms with Crippen molar-refractivity contribution in [3.05, 3.63) is 46.6 Å². The number of nitrogens with zero attached hydrogens (tertiary/aromatic N) is 1. The van der Waals surface area contributed by atoms with Crippen molar-refractivity contribution in [3.8, 4) is 0 Å². The first-order valence-electron chi connectivity index (χ1n) is 5.81. The van der Waals surface area contributed by atoms with Gasteiger partial charge in [0.2, 0.25) is 0 Å². The molecule has 1 aromatic carbocycles. The molecule has 2 rings (SSSR count). The summed E-state index contributed by atoms with van der Waals surface area (Å²) in [6.45, 7) is 3.60. The Morgan fingerprint density at radius 1 is 1.25 bits per heavy atom. The van der Waals surface area contributed by atoms with Crippen molar-refractivity contribution < 1.29 is 8.42 Å². The highest BCUT2D eigenvalue weighted by Crippen LogP contribution is 2.28. The summed E-state index contributed by atoms with van der Waals surface area (Å²) < 4.78 is 27.0. The molecule has 0 atom stereocenters. The predicted octanol–water partition coefficient (Wildman–Crippen LogP) is 2.73. The molecule has 3 N–H and O–H groups in total. The molecular weight excluding hydrogens is 298 g/mol. The molecule has 106 valence electrons. The van der Waals surface area contributed by atoms with E-state index in [-0.39, 0.29) is 15.7 Å². The molecule has 1 heterocycles. The Hall–Kier alpha value is -1.79. The number of sulfonamides is 1. The first-order valence-corrected chi connectivity index (χ1v) is 7.67. The van der Waals surface area contributed by atoms with E-state index in [0.29, 0.717) is 5.69 Å². The summed E-state index contributed by atoms with van der Waals surface area (Å²) in [4.78, 5) is 3.89. The fraction of sp³-hybridized carbons (Fsp3) is 0.154. The van der Waals surface area contributed by atoms with E-state index in [1.165, 1.54) is 18.3 Å². The van der Waals surface area contributed by atoms with Gasteiger partial charge >= 0.3 is 0 Å². The molecule has 0 aliphatic carbocycles. The maximum atomic E-state index is 12.3. The van der Waals surface area contributed by atoms with Crippen LogP contribution in [-0.2, 0) is 10.0 Å². The summed E-state index contributed by atoms with van der Waals surface area (Å²) in [5.74, 6) is 0.236. The van der Waals surface area contributed by atoms with Crippen LogP contribution in [0.4, 0.5) is 11.5 Å². The molecule has 5 nitrogen and oxygen atoms in total. The first-order chi connectivity index (χ1) is 9.29. The molecule has 0 bridgehead atoms. The zero-order valence-electron chi connectivity index (χ0n) is 11.0. The minimum absolute atomic E-state index is 0.0643. The summed E-state index contributed by atoms with van der Waals surface area (Å²) in [6, 6.07) is 6.27.